The van der Waals surface area contributed by atoms with Crippen molar-refractivity contribution in [2.24, 2.45) is 0 Å². The summed E-state index contributed by atoms with van der Waals surface area (Å²) < 4.78 is 0.786. The molecule has 0 atom stereocenters. The SMILES string of the molecule is CCC(=O)c1cc(Br)ccc1CC(=O)O. The molecule has 1 aromatic rings. The van der Waals surface area contributed by atoms with Crippen LogP contribution in [-0.4, -0.2) is 16.9 Å². The molecule has 15 heavy (non-hydrogen) atoms. The van der Waals surface area contributed by atoms with E-state index in [-0.39, 0.29) is 12.2 Å². The van der Waals surface area contributed by atoms with Crippen LogP contribution < -0.4 is 0 Å². The van der Waals surface area contributed by atoms with E-state index in [0.29, 0.717) is 17.5 Å². The number of Topliss-reactive ketones (excluding diaryl/α,β-unsaturated/α-hetero) is 1. The summed E-state index contributed by atoms with van der Waals surface area (Å²) in [6.45, 7) is 1.76. The molecule has 0 aliphatic rings. The van der Waals surface area contributed by atoms with E-state index in [1.165, 1.54) is 0 Å². The fourth-order valence-corrected chi connectivity index (χ4v) is 1.68. The van der Waals surface area contributed by atoms with Gasteiger partial charge in [-0.15, -0.1) is 0 Å². The molecule has 0 spiro atoms. The smallest absolute Gasteiger partial charge is 0.307 e. The maximum Gasteiger partial charge on any atom is 0.307 e. The van der Waals surface area contributed by atoms with Gasteiger partial charge in [-0.2, -0.15) is 0 Å². The largest absolute Gasteiger partial charge is 0.481 e. The number of carbonyl (C=O) groups is 2. The monoisotopic (exact) mass is 270 g/mol. The van der Waals surface area contributed by atoms with Crippen LogP contribution in [0.15, 0.2) is 22.7 Å². The molecular formula is C11H11BrO3. The van der Waals surface area contributed by atoms with E-state index < -0.39 is 5.97 Å². The van der Waals surface area contributed by atoms with Crippen LogP contribution >= 0.6 is 15.9 Å². The number of rotatable bonds is 4. The van der Waals surface area contributed by atoms with Gasteiger partial charge in [-0.3, -0.25) is 9.59 Å². The lowest BCUT2D eigenvalue weighted by Gasteiger charge is -2.06. The maximum absolute atomic E-state index is 11.6. The molecule has 0 bridgehead atoms. The average Bonchev–Trinajstić information content (AvgIpc) is 2.19. The number of ketones is 1. The summed E-state index contributed by atoms with van der Waals surface area (Å²) >= 11 is 3.26. The van der Waals surface area contributed by atoms with Gasteiger partial charge in [-0.1, -0.05) is 28.9 Å². The zero-order chi connectivity index (χ0) is 11.4. The van der Waals surface area contributed by atoms with Crippen LogP contribution in [-0.2, 0) is 11.2 Å². The summed E-state index contributed by atoms with van der Waals surface area (Å²) in [7, 11) is 0. The summed E-state index contributed by atoms with van der Waals surface area (Å²) in [5, 5.41) is 8.69. The van der Waals surface area contributed by atoms with E-state index in [4.69, 9.17) is 5.11 Å². The van der Waals surface area contributed by atoms with Crippen LogP contribution in [0.2, 0.25) is 0 Å². The minimum Gasteiger partial charge on any atom is -0.481 e. The highest BCUT2D eigenvalue weighted by Gasteiger charge is 2.12. The highest BCUT2D eigenvalue weighted by Crippen LogP contribution is 2.18. The number of carbonyl (C=O) groups excluding carboxylic acids is 1. The molecule has 0 aliphatic carbocycles. The summed E-state index contributed by atoms with van der Waals surface area (Å²) in [5.74, 6) is -0.963. The van der Waals surface area contributed by atoms with Crippen molar-refractivity contribution in [2.75, 3.05) is 0 Å². The highest BCUT2D eigenvalue weighted by atomic mass is 79.9. The van der Waals surface area contributed by atoms with Gasteiger partial charge >= 0.3 is 5.97 Å². The molecule has 0 saturated heterocycles. The van der Waals surface area contributed by atoms with Crippen LogP contribution in [0.4, 0.5) is 0 Å². The Balaban J connectivity index is 3.14. The van der Waals surface area contributed by atoms with Crippen LogP contribution in [0.1, 0.15) is 29.3 Å². The van der Waals surface area contributed by atoms with E-state index in [2.05, 4.69) is 15.9 Å². The normalized spacial score (nSPS) is 10.0. The van der Waals surface area contributed by atoms with Crippen molar-refractivity contribution in [2.45, 2.75) is 19.8 Å². The van der Waals surface area contributed by atoms with Crippen molar-refractivity contribution in [1.82, 2.24) is 0 Å². The van der Waals surface area contributed by atoms with Crippen molar-refractivity contribution >= 4 is 27.7 Å². The van der Waals surface area contributed by atoms with Crippen molar-refractivity contribution in [3.8, 4) is 0 Å². The Labute approximate surface area is 96.2 Å². The van der Waals surface area contributed by atoms with Crippen LogP contribution in [0.5, 0.6) is 0 Å². The molecule has 0 heterocycles. The predicted molar refractivity (Wildman–Crippen MR) is 60.1 cm³/mol. The van der Waals surface area contributed by atoms with Gasteiger partial charge in [0.25, 0.3) is 0 Å². The molecule has 0 radical (unpaired) electrons. The zero-order valence-electron chi connectivity index (χ0n) is 8.29. The molecule has 1 rings (SSSR count). The topological polar surface area (TPSA) is 54.4 Å². The number of hydrogen-bond donors (Lipinski definition) is 1. The molecular weight excluding hydrogens is 260 g/mol. The van der Waals surface area contributed by atoms with Crippen molar-refractivity contribution in [1.29, 1.82) is 0 Å². The number of carboxylic acids is 1. The van der Waals surface area contributed by atoms with Crippen LogP contribution in [0, 0.1) is 0 Å². The third-order valence-electron chi connectivity index (χ3n) is 2.04. The lowest BCUT2D eigenvalue weighted by molar-refractivity contribution is -0.136. The first kappa shape index (κ1) is 11.9. The Morgan fingerprint density at radius 2 is 2.07 bits per heavy atom. The number of halogens is 1. The van der Waals surface area contributed by atoms with E-state index >= 15 is 0 Å². The summed E-state index contributed by atoms with van der Waals surface area (Å²) in [4.78, 5) is 22.1. The minimum absolute atomic E-state index is 0.0347. The molecule has 4 heteroatoms. The molecule has 3 nitrogen and oxygen atoms in total. The number of hydrogen-bond acceptors (Lipinski definition) is 2. The number of carboxylic acid groups (broad SMARTS) is 1. The average molecular weight is 271 g/mol. The lowest BCUT2D eigenvalue weighted by atomic mass is 10.00. The molecule has 0 unspecified atom stereocenters. The standard InChI is InChI=1S/C11H11BrO3/c1-2-10(13)9-6-8(12)4-3-7(9)5-11(14)15/h3-4,6H,2,5H2,1H3,(H,14,15). The Kier molecular flexibility index (Phi) is 4.03. The van der Waals surface area contributed by atoms with Gasteiger partial charge in [0.15, 0.2) is 5.78 Å². The van der Waals surface area contributed by atoms with E-state index in [9.17, 15) is 9.59 Å². The molecule has 0 aromatic heterocycles. The second kappa shape index (κ2) is 5.07. The highest BCUT2D eigenvalue weighted by molar-refractivity contribution is 9.10. The van der Waals surface area contributed by atoms with Gasteiger partial charge in [0, 0.05) is 16.5 Å². The quantitative estimate of drug-likeness (QED) is 0.856. The van der Waals surface area contributed by atoms with Crippen molar-refractivity contribution in [3.63, 3.8) is 0 Å². The molecule has 0 fully saturated rings. The van der Waals surface area contributed by atoms with Crippen LogP contribution in [0.3, 0.4) is 0 Å². The van der Waals surface area contributed by atoms with Crippen LogP contribution in [0.25, 0.3) is 0 Å². The van der Waals surface area contributed by atoms with Gasteiger partial charge in [0.2, 0.25) is 0 Å². The second-order valence-corrected chi connectivity index (χ2v) is 4.06. The third-order valence-corrected chi connectivity index (χ3v) is 2.53. The molecule has 0 saturated carbocycles. The molecule has 1 N–H and O–H groups in total. The Bertz CT molecular complexity index is 399. The zero-order valence-corrected chi connectivity index (χ0v) is 9.87. The third kappa shape index (κ3) is 3.16. The number of aliphatic carboxylic acids is 1. The minimum atomic E-state index is -0.928. The van der Waals surface area contributed by atoms with Gasteiger partial charge in [-0.05, 0) is 17.7 Å². The fourth-order valence-electron chi connectivity index (χ4n) is 1.32. The first-order valence-electron chi connectivity index (χ1n) is 4.58. The van der Waals surface area contributed by atoms with Gasteiger partial charge in [0.05, 0.1) is 6.42 Å². The maximum atomic E-state index is 11.6. The lowest BCUT2D eigenvalue weighted by Crippen LogP contribution is -2.07. The Morgan fingerprint density at radius 3 is 2.60 bits per heavy atom. The molecule has 1 aromatic carbocycles. The van der Waals surface area contributed by atoms with E-state index in [1.54, 1.807) is 25.1 Å². The Morgan fingerprint density at radius 1 is 1.40 bits per heavy atom. The molecule has 80 valence electrons. The van der Waals surface area contributed by atoms with Crippen molar-refractivity contribution < 1.29 is 14.7 Å². The second-order valence-electron chi connectivity index (χ2n) is 3.15. The number of benzene rings is 1. The first-order chi connectivity index (χ1) is 7.04. The molecule has 0 aliphatic heterocycles. The summed E-state index contributed by atoms with van der Waals surface area (Å²) in [6, 6.07) is 5.08. The van der Waals surface area contributed by atoms with Gasteiger partial charge in [0.1, 0.15) is 0 Å². The van der Waals surface area contributed by atoms with Gasteiger partial charge in [-0.25, -0.2) is 0 Å². The predicted octanol–water partition coefficient (Wildman–Crippen LogP) is 2.67. The molecule has 0 amide bonds. The first-order valence-corrected chi connectivity index (χ1v) is 5.37. The Hall–Kier alpha value is -1.16. The fraction of sp³-hybridized carbons (Fsp3) is 0.273. The van der Waals surface area contributed by atoms with E-state index in [0.717, 1.165) is 4.47 Å². The van der Waals surface area contributed by atoms with Gasteiger partial charge < -0.3 is 5.11 Å². The van der Waals surface area contributed by atoms with E-state index in [1.807, 2.05) is 0 Å². The summed E-state index contributed by atoms with van der Waals surface area (Å²) in [6.07, 6.45) is 0.261. The summed E-state index contributed by atoms with van der Waals surface area (Å²) in [5.41, 5.74) is 1.06. The van der Waals surface area contributed by atoms with Crippen molar-refractivity contribution in [3.05, 3.63) is 33.8 Å².